The van der Waals surface area contributed by atoms with Crippen molar-refractivity contribution in [1.82, 2.24) is 25.3 Å². The molecule has 0 unspecified atom stereocenters. The van der Waals surface area contributed by atoms with Gasteiger partial charge in [-0.15, -0.1) is 5.10 Å². The summed E-state index contributed by atoms with van der Waals surface area (Å²) in [5, 5.41) is 11.6. The Morgan fingerprint density at radius 2 is 2.26 bits per heavy atom. The molecule has 2 aromatic heterocycles. The fourth-order valence-corrected chi connectivity index (χ4v) is 2.57. The van der Waals surface area contributed by atoms with E-state index in [1.807, 2.05) is 30.5 Å². The van der Waals surface area contributed by atoms with Crippen LogP contribution in [-0.2, 0) is 17.8 Å². The predicted molar refractivity (Wildman–Crippen MR) is 87.6 cm³/mol. The lowest BCUT2D eigenvalue weighted by atomic mass is 10.1. The molecule has 4 N–H and O–H groups in total. The number of para-hydroxylation sites is 1. The highest BCUT2D eigenvalue weighted by Crippen LogP contribution is 2.18. The molecule has 120 valence electrons. The molecule has 0 aliphatic carbocycles. The number of aryl methyl sites for hydroxylation is 1. The van der Waals surface area contributed by atoms with Crippen molar-refractivity contribution in [2.45, 2.75) is 25.4 Å². The average molecular weight is 312 g/mol. The summed E-state index contributed by atoms with van der Waals surface area (Å²) >= 11 is 0. The van der Waals surface area contributed by atoms with Gasteiger partial charge in [0.15, 0.2) is 0 Å². The van der Waals surface area contributed by atoms with E-state index in [0.29, 0.717) is 13.0 Å². The molecule has 23 heavy (non-hydrogen) atoms. The van der Waals surface area contributed by atoms with Crippen LogP contribution in [-0.4, -0.2) is 38.5 Å². The third kappa shape index (κ3) is 3.75. The molecule has 7 heteroatoms. The van der Waals surface area contributed by atoms with E-state index in [4.69, 9.17) is 5.73 Å². The van der Waals surface area contributed by atoms with Gasteiger partial charge in [-0.3, -0.25) is 9.48 Å². The molecule has 1 aromatic carbocycles. The molecule has 3 rings (SSSR count). The number of carbonyl (C=O) groups excluding carboxylic acids is 1. The largest absolute Gasteiger partial charge is 0.361 e. The van der Waals surface area contributed by atoms with Crippen LogP contribution in [0.4, 0.5) is 0 Å². The Hall–Kier alpha value is -2.67. The van der Waals surface area contributed by atoms with Crippen molar-refractivity contribution < 1.29 is 4.79 Å². The number of nitrogens with one attached hydrogen (secondary N) is 2. The van der Waals surface area contributed by atoms with Gasteiger partial charge in [0.1, 0.15) is 0 Å². The van der Waals surface area contributed by atoms with Gasteiger partial charge in [0.25, 0.3) is 0 Å². The van der Waals surface area contributed by atoms with Gasteiger partial charge in [-0.2, -0.15) is 0 Å². The maximum atomic E-state index is 12.1. The van der Waals surface area contributed by atoms with Crippen LogP contribution in [0.15, 0.2) is 42.9 Å². The van der Waals surface area contributed by atoms with Crippen LogP contribution in [0.25, 0.3) is 10.9 Å². The number of benzene rings is 1. The van der Waals surface area contributed by atoms with Crippen LogP contribution >= 0.6 is 0 Å². The van der Waals surface area contributed by atoms with E-state index in [2.05, 4.69) is 20.6 Å². The lowest BCUT2D eigenvalue weighted by molar-refractivity contribution is -0.122. The molecular weight excluding hydrogens is 292 g/mol. The summed E-state index contributed by atoms with van der Waals surface area (Å²) in [5.41, 5.74) is 8.14. The highest BCUT2D eigenvalue weighted by Gasteiger charge is 2.15. The van der Waals surface area contributed by atoms with Crippen molar-refractivity contribution in [2.75, 3.05) is 6.54 Å². The highest BCUT2D eigenvalue weighted by atomic mass is 16.2. The second kappa shape index (κ2) is 7.06. The number of carbonyl (C=O) groups is 1. The smallest absolute Gasteiger partial charge is 0.237 e. The summed E-state index contributed by atoms with van der Waals surface area (Å²) in [4.78, 5) is 15.3. The molecule has 0 radical (unpaired) electrons. The van der Waals surface area contributed by atoms with Crippen molar-refractivity contribution in [3.63, 3.8) is 0 Å². The van der Waals surface area contributed by atoms with Crippen molar-refractivity contribution in [3.8, 4) is 0 Å². The summed E-state index contributed by atoms with van der Waals surface area (Å²) in [5.74, 6) is -0.131. The zero-order valence-corrected chi connectivity index (χ0v) is 12.8. The lowest BCUT2D eigenvalue weighted by Crippen LogP contribution is -2.42. The van der Waals surface area contributed by atoms with Crippen molar-refractivity contribution >= 4 is 16.8 Å². The Morgan fingerprint density at radius 1 is 1.39 bits per heavy atom. The molecule has 7 nitrogen and oxygen atoms in total. The molecule has 0 bridgehead atoms. The van der Waals surface area contributed by atoms with Gasteiger partial charge in [-0.1, -0.05) is 23.4 Å². The van der Waals surface area contributed by atoms with Gasteiger partial charge in [0.2, 0.25) is 5.91 Å². The molecule has 3 aromatic rings. The maximum Gasteiger partial charge on any atom is 0.237 e. The standard InChI is InChI=1S/C16H20N6O/c17-14(10-12-11-19-15-5-2-1-4-13(12)15)16(23)18-6-3-8-22-9-7-20-21-22/h1-2,4-5,7,9,11,14,19H,3,6,8,10,17H2,(H,18,23)/t14-/m0/s1. The number of aromatic nitrogens is 4. The first-order chi connectivity index (χ1) is 11.2. The maximum absolute atomic E-state index is 12.1. The van der Waals surface area contributed by atoms with Crippen LogP contribution in [0.5, 0.6) is 0 Å². The van der Waals surface area contributed by atoms with Crippen LogP contribution in [0.2, 0.25) is 0 Å². The third-order valence-electron chi connectivity index (χ3n) is 3.79. The first-order valence-electron chi connectivity index (χ1n) is 7.66. The SMILES string of the molecule is N[C@@H](Cc1c[nH]c2ccccc12)C(=O)NCCCn1ccnn1. The van der Waals surface area contributed by atoms with Crippen molar-refractivity contribution in [3.05, 3.63) is 48.4 Å². The minimum atomic E-state index is -0.555. The Kier molecular flexibility index (Phi) is 4.68. The van der Waals surface area contributed by atoms with E-state index in [-0.39, 0.29) is 5.91 Å². The van der Waals surface area contributed by atoms with Crippen molar-refractivity contribution in [2.24, 2.45) is 5.73 Å². The molecule has 0 saturated carbocycles. The number of nitrogens with two attached hydrogens (primary N) is 1. The van der Waals surface area contributed by atoms with Gasteiger partial charge in [-0.25, -0.2) is 0 Å². The number of nitrogens with zero attached hydrogens (tertiary/aromatic N) is 3. The molecule has 0 spiro atoms. The van der Waals surface area contributed by atoms with E-state index >= 15 is 0 Å². The normalized spacial score (nSPS) is 12.4. The minimum absolute atomic E-state index is 0.131. The Morgan fingerprint density at radius 3 is 3.09 bits per heavy atom. The van der Waals surface area contributed by atoms with Gasteiger partial charge in [-0.05, 0) is 24.5 Å². The van der Waals surface area contributed by atoms with Gasteiger partial charge >= 0.3 is 0 Å². The summed E-state index contributed by atoms with van der Waals surface area (Å²) < 4.78 is 1.73. The first kappa shape index (κ1) is 15.2. The van der Waals surface area contributed by atoms with Crippen LogP contribution in [0.3, 0.4) is 0 Å². The van der Waals surface area contributed by atoms with E-state index in [9.17, 15) is 4.79 Å². The van der Waals surface area contributed by atoms with E-state index < -0.39 is 6.04 Å². The second-order valence-corrected chi connectivity index (χ2v) is 5.48. The zero-order valence-electron chi connectivity index (χ0n) is 12.8. The summed E-state index contributed by atoms with van der Waals surface area (Å²) in [6.45, 7) is 1.29. The lowest BCUT2D eigenvalue weighted by Gasteiger charge is -2.12. The van der Waals surface area contributed by atoms with Crippen LogP contribution < -0.4 is 11.1 Å². The molecule has 0 saturated heterocycles. The number of H-pyrrole nitrogens is 1. The average Bonchev–Trinajstić information content (AvgIpc) is 3.21. The number of fused-ring (bicyclic) bond motifs is 1. The first-order valence-corrected chi connectivity index (χ1v) is 7.66. The topological polar surface area (TPSA) is 102 Å². The minimum Gasteiger partial charge on any atom is -0.361 e. The number of amides is 1. The molecule has 0 aliphatic heterocycles. The van der Waals surface area contributed by atoms with Gasteiger partial charge in [0.05, 0.1) is 12.2 Å². The predicted octanol–water partition coefficient (Wildman–Crippen LogP) is 0.836. The summed E-state index contributed by atoms with van der Waals surface area (Å²) in [6.07, 6.45) is 6.65. The zero-order chi connectivity index (χ0) is 16.1. The van der Waals surface area contributed by atoms with E-state index in [0.717, 1.165) is 29.4 Å². The third-order valence-corrected chi connectivity index (χ3v) is 3.79. The fourth-order valence-electron chi connectivity index (χ4n) is 2.57. The van der Waals surface area contributed by atoms with Gasteiger partial charge < -0.3 is 16.0 Å². The number of hydrogen-bond acceptors (Lipinski definition) is 4. The molecule has 1 amide bonds. The quantitative estimate of drug-likeness (QED) is 0.562. The molecule has 1 atom stereocenters. The molecule has 0 fully saturated rings. The Balaban J connectivity index is 1.47. The highest BCUT2D eigenvalue weighted by molar-refractivity contribution is 5.86. The van der Waals surface area contributed by atoms with E-state index in [1.165, 1.54) is 0 Å². The summed E-state index contributed by atoms with van der Waals surface area (Å²) in [7, 11) is 0. The molecule has 2 heterocycles. The Labute approximate surface area is 133 Å². The fraction of sp³-hybridized carbons (Fsp3) is 0.312. The summed E-state index contributed by atoms with van der Waals surface area (Å²) in [6, 6.07) is 7.44. The van der Waals surface area contributed by atoms with Crippen LogP contribution in [0, 0.1) is 0 Å². The van der Waals surface area contributed by atoms with E-state index in [1.54, 1.807) is 17.1 Å². The Bertz CT molecular complexity index is 764. The number of aromatic amines is 1. The number of rotatable bonds is 7. The second-order valence-electron chi connectivity index (χ2n) is 5.48. The number of hydrogen-bond donors (Lipinski definition) is 3. The van der Waals surface area contributed by atoms with Crippen LogP contribution in [0.1, 0.15) is 12.0 Å². The van der Waals surface area contributed by atoms with Crippen molar-refractivity contribution in [1.29, 1.82) is 0 Å². The molecular formula is C16H20N6O. The van der Waals surface area contributed by atoms with Gasteiger partial charge in [0, 0.05) is 36.4 Å². The monoisotopic (exact) mass is 312 g/mol. The molecule has 0 aliphatic rings.